The smallest absolute Gasteiger partial charge is 0.227 e. The largest absolute Gasteiger partial charge is 0.378 e. The Hall–Kier alpha value is -2.17. The second-order valence-electron chi connectivity index (χ2n) is 7.66. The van der Waals surface area contributed by atoms with Crippen LogP contribution in [0.2, 0.25) is 0 Å². The molecule has 0 bridgehead atoms. The maximum Gasteiger partial charge on any atom is 0.227 e. The Morgan fingerprint density at radius 3 is 2.30 bits per heavy atom. The van der Waals surface area contributed by atoms with Crippen LogP contribution in [0.25, 0.3) is 0 Å². The number of amides is 1. The summed E-state index contributed by atoms with van der Waals surface area (Å²) in [5, 5.41) is 0. The van der Waals surface area contributed by atoms with Crippen molar-refractivity contribution >= 4 is 5.91 Å². The van der Waals surface area contributed by atoms with E-state index in [4.69, 9.17) is 4.74 Å². The van der Waals surface area contributed by atoms with Crippen LogP contribution in [0.5, 0.6) is 0 Å². The molecule has 4 heteroatoms. The molecule has 0 N–H and O–H groups in total. The lowest BCUT2D eigenvalue weighted by molar-refractivity contribution is -0.141. The van der Waals surface area contributed by atoms with Gasteiger partial charge in [0.2, 0.25) is 5.91 Å². The Morgan fingerprint density at radius 2 is 1.59 bits per heavy atom. The topological polar surface area (TPSA) is 32.8 Å². The zero-order chi connectivity index (χ0) is 18.5. The molecule has 2 aromatic carbocycles. The van der Waals surface area contributed by atoms with Crippen molar-refractivity contribution in [2.45, 2.75) is 18.9 Å². The molecule has 2 aromatic rings. The second kappa shape index (κ2) is 8.68. The quantitative estimate of drug-likeness (QED) is 0.836. The van der Waals surface area contributed by atoms with E-state index in [1.54, 1.807) is 0 Å². The minimum Gasteiger partial charge on any atom is -0.378 e. The van der Waals surface area contributed by atoms with Gasteiger partial charge >= 0.3 is 0 Å². The molecule has 0 saturated carbocycles. The third-order valence-electron chi connectivity index (χ3n) is 5.72. The zero-order valence-corrected chi connectivity index (χ0v) is 15.8. The number of carbonyl (C=O) groups excluding carboxylic acids is 1. The normalized spacial score (nSPS) is 23.9. The highest BCUT2D eigenvalue weighted by atomic mass is 16.5. The highest BCUT2D eigenvalue weighted by molar-refractivity contribution is 5.79. The molecule has 4 nitrogen and oxygen atoms in total. The van der Waals surface area contributed by atoms with E-state index in [1.165, 1.54) is 11.1 Å². The Bertz CT molecular complexity index is 729. The molecule has 2 saturated heterocycles. The lowest BCUT2D eigenvalue weighted by atomic mass is 9.83. The van der Waals surface area contributed by atoms with Gasteiger partial charge in [-0.15, -0.1) is 0 Å². The first-order valence-electron chi connectivity index (χ1n) is 9.97. The summed E-state index contributed by atoms with van der Waals surface area (Å²) >= 11 is 0. The molecule has 2 aliphatic rings. The first kappa shape index (κ1) is 18.2. The summed E-state index contributed by atoms with van der Waals surface area (Å²) < 4.78 is 5.42. The van der Waals surface area contributed by atoms with Crippen molar-refractivity contribution in [1.29, 1.82) is 0 Å². The van der Waals surface area contributed by atoms with E-state index in [-0.39, 0.29) is 5.92 Å². The zero-order valence-electron chi connectivity index (χ0n) is 15.8. The highest BCUT2D eigenvalue weighted by Gasteiger charge is 2.34. The maximum absolute atomic E-state index is 13.2. The number of piperidine rings is 1. The predicted octanol–water partition coefficient (Wildman–Crippen LogP) is 3.15. The lowest BCUT2D eigenvalue weighted by Crippen LogP contribution is -2.49. The average molecular weight is 364 g/mol. The molecule has 2 atom stereocenters. The fourth-order valence-corrected chi connectivity index (χ4v) is 4.35. The van der Waals surface area contributed by atoms with Gasteiger partial charge in [-0.3, -0.25) is 9.69 Å². The Morgan fingerprint density at radius 1 is 0.926 bits per heavy atom. The number of benzene rings is 2. The van der Waals surface area contributed by atoms with Crippen molar-refractivity contribution in [2.75, 3.05) is 39.4 Å². The number of hydrogen-bond acceptors (Lipinski definition) is 3. The maximum atomic E-state index is 13.2. The van der Waals surface area contributed by atoms with Gasteiger partial charge in [0.05, 0.1) is 19.1 Å². The van der Waals surface area contributed by atoms with Crippen LogP contribution in [0.1, 0.15) is 23.5 Å². The highest BCUT2D eigenvalue weighted by Crippen LogP contribution is 2.32. The van der Waals surface area contributed by atoms with Crippen molar-refractivity contribution in [2.24, 2.45) is 5.92 Å². The SMILES string of the molecule is O=C(C1CC(c2ccccc2)CN(Cc2ccccc2)C1)N1CCOCC1. The summed E-state index contributed by atoms with van der Waals surface area (Å²) in [7, 11) is 0. The van der Waals surface area contributed by atoms with E-state index in [2.05, 4.69) is 65.6 Å². The van der Waals surface area contributed by atoms with Crippen molar-refractivity contribution in [3.05, 3.63) is 71.8 Å². The van der Waals surface area contributed by atoms with E-state index < -0.39 is 0 Å². The Labute approximate surface area is 161 Å². The third kappa shape index (κ3) is 4.57. The van der Waals surface area contributed by atoms with E-state index in [0.29, 0.717) is 25.0 Å². The molecule has 142 valence electrons. The molecule has 2 fully saturated rings. The summed E-state index contributed by atoms with van der Waals surface area (Å²) in [6, 6.07) is 21.2. The van der Waals surface area contributed by atoms with Crippen molar-refractivity contribution < 1.29 is 9.53 Å². The van der Waals surface area contributed by atoms with Gasteiger partial charge in [-0.2, -0.15) is 0 Å². The number of nitrogens with zero attached hydrogens (tertiary/aromatic N) is 2. The molecule has 2 heterocycles. The minimum atomic E-state index is 0.0609. The number of rotatable bonds is 4. The molecule has 0 aliphatic carbocycles. The van der Waals surface area contributed by atoms with Crippen LogP contribution in [-0.2, 0) is 16.1 Å². The summed E-state index contributed by atoms with van der Waals surface area (Å²) in [5.41, 5.74) is 2.65. The number of morpholine rings is 1. The minimum absolute atomic E-state index is 0.0609. The molecule has 4 rings (SSSR count). The first-order valence-corrected chi connectivity index (χ1v) is 9.97. The van der Waals surface area contributed by atoms with E-state index in [1.807, 2.05) is 4.90 Å². The summed E-state index contributed by atoms with van der Waals surface area (Å²) in [6.07, 6.45) is 0.936. The Balaban J connectivity index is 1.52. The number of ether oxygens (including phenoxy) is 1. The standard InChI is InChI=1S/C23H28N2O2/c26-23(25-11-13-27-14-12-25)22-15-21(20-9-5-2-6-10-20)17-24(18-22)16-19-7-3-1-4-8-19/h1-10,21-22H,11-18H2. The summed E-state index contributed by atoms with van der Waals surface area (Å²) in [6.45, 7) is 5.52. The van der Waals surface area contributed by atoms with Crippen LogP contribution >= 0.6 is 0 Å². The van der Waals surface area contributed by atoms with Crippen molar-refractivity contribution in [1.82, 2.24) is 9.80 Å². The summed E-state index contributed by atoms with van der Waals surface area (Å²) in [5.74, 6) is 0.765. The second-order valence-corrected chi connectivity index (χ2v) is 7.66. The van der Waals surface area contributed by atoms with Gasteiger partial charge in [-0.1, -0.05) is 60.7 Å². The van der Waals surface area contributed by atoms with Gasteiger partial charge in [0.15, 0.2) is 0 Å². The molecule has 0 radical (unpaired) electrons. The number of likely N-dealkylation sites (tertiary alicyclic amines) is 1. The van der Waals surface area contributed by atoms with E-state index in [9.17, 15) is 4.79 Å². The fraction of sp³-hybridized carbons (Fsp3) is 0.435. The fourth-order valence-electron chi connectivity index (χ4n) is 4.35. The molecule has 1 amide bonds. The molecular weight excluding hydrogens is 336 g/mol. The van der Waals surface area contributed by atoms with Crippen molar-refractivity contribution in [3.8, 4) is 0 Å². The molecule has 0 aromatic heterocycles. The van der Waals surface area contributed by atoms with Gasteiger partial charge < -0.3 is 9.64 Å². The predicted molar refractivity (Wildman–Crippen MR) is 106 cm³/mol. The third-order valence-corrected chi connectivity index (χ3v) is 5.72. The molecule has 2 aliphatic heterocycles. The van der Waals surface area contributed by atoms with Crippen LogP contribution in [0, 0.1) is 5.92 Å². The van der Waals surface area contributed by atoms with E-state index in [0.717, 1.165) is 39.1 Å². The van der Waals surface area contributed by atoms with Crippen LogP contribution in [-0.4, -0.2) is 55.1 Å². The first-order chi connectivity index (χ1) is 13.3. The van der Waals surface area contributed by atoms with Gasteiger partial charge in [0.25, 0.3) is 0 Å². The van der Waals surface area contributed by atoms with Crippen molar-refractivity contribution in [3.63, 3.8) is 0 Å². The van der Waals surface area contributed by atoms with E-state index >= 15 is 0 Å². The van der Waals surface area contributed by atoms with Crippen LogP contribution in [0.4, 0.5) is 0 Å². The number of carbonyl (C=O) groups is 1. The summed E-state index contributed by atoms with van der Waals surface area (Å²) in [4.78, 5) is 17.6. The molecular formula is C23H28N2O2. The average Bonchev–Trinajstić information content (AvgIpc) is 2.75. The van der Waals surface area contributed by atoms with Gasteiger partial charge in [-0.25, -0.2) is 0 Å². The number of hydrogen-bond donors (Lipinski definition) is 0. The van der Waals surface area contributed by atoms with Gasteiger partial charge in [0.1, 0.15) is 0 Å². The van der Waals surface area contributed by atoms with Crippen LogP contribution in [0.15, 0.2) is 60.7 Å². The Kier molecular flexibility index (Phi) is 5.85. The lowest BCUT2D eigenvalue weighted by Gasteiger charge is -2.40. The van der Waals surface area contributed by atoms with Gasteiger partial charge in [0, 0.05) is 32.7 Å². The monoisotopic (exact) mass is 364 g/mol. The molecule has 0 spiro atoms. The van der Waals surface area contributed by atoms with Crippen LogP contribution in [0.3, 0.4) is 0 Å². The molecule has 2 unspecified atom stereocenters. The van der Waals surface area contributed by atoms with Gasteiger partial charge in [-0.05, 0) is 23.5 Å². The van der Waals surface area contributed by atoms with Crippen LogP contribution < -0.4 is 0 Å². The molecule has 27 heavy (non-hydrogen) atoms.